The predicted octanol–water partition coefficient (Wildman–Crippen LogP) is 2.80. The number of thiazole rings is 1. The lowest BCUT2D eigenvalue weighted by Crippen LogP contribution is -2.29. The van der Waals surface area contributed by atoms with Gasteiger partial charge in [-0.05, 0) is 18.1 Å². The molecule has 0 saturated carbocycles. The zero-order valence-corrected chi connectivity index (χ0v) is 12.5. The van der Waals surface area contributed by atoms with E-state index in [2.05, 4.69) is 21.0 Å². The third-order valence-electron chi connectivity index (χ3n) is 3.64. The van der Waals surface area contributed by atoms with Crippen LogP contribution in [0.2, 0.25) is 0 Å². The molecule has 6 heteroatoms. The molecule has 0 aliphatic carbocycles. The maximum absolute atomic E-state index is 12.7. The van der Waals surface area contributed by atoms with Gasteiger partial charge in [-0.15, -0.1) is 11.3 Å². The van der Waals surface area contributed by atoms with E-state index in [1.165, 1.54) is 16.9 Å². The number of carbonyl (C=O) groups excluding carboxylic acids is 1. The molecule has 0 radical (unpaired) electrons. The Morgan fingerprint density at radius 1 is 1.23 bits per heavy atom. The Morgan fingerprint density at radius 3 is 3.00 bits per heavy atom. The van der Waals surface area contributed by atoms with Crippen LogP contribution in [0.15, 0.2) is 48.2 Å². The van der Waals surface area contributed by atoms with Crippen LogP contribution < -0.4 is 4.90 Å². The van der Waals surface area contributed by atoms with Gasteiger partial charge in [0.05, 0.1) is 6.20 Å². The molecule has 1 aliphatic rings. The van der Waals surface area contributed by atoms with Gasteiger partial charge in [-0.3, -0.25) is 14.8 Å². The summed E-state index contributed by atoms with van der Waals surface area (Å²) in [4.78, 5) is 27.2. The second-order valence-electron chi connectivity index (χ2n) is 4.96. The molecule has 0 fully saturated rings. The summed E-state index contributed by atoms with van der Waals surface area (Å²) >= 11 is 1.41. The highest BCUT2D eigenvalue weighted by Crippen LogP contribution is 2.30. The van der Waals surface area contributed by atoms with Crippen LogP contribution in [0.1, 0.15) is 16.1 Å². The number of amides is 1. The molecule has 108 valence electrons. The molecule has 0 spiro atoms. The van der Waals surface area contributed by atoms with Gasteiger partial charge in [0, 0.05) is 30.0 Å². The smallest absolute Gasteiger partial charge is 0.277 e. The normalized spacial score (nSPS) is 13.2. The predicted molar refractivity (Wildman–Crippen MR) is 85.0 cm³/mol. The summed E-state index contributed by atoms with van der Waals surface area (Å²) in [5.74, 6) is -0.0589. The lowest BCUT2D eigenvalue weighted by molar-refractivity contribution is 0.0985. The van der Waals surface area contributed by atoms with Crippen LogP contribution in [0.5, 0.6) is 0 Å². The first-order chi connectivity index (χ1) is 10.8. The van der Waals surface area contributed by atoms with Crippen LogP contribution in [-0.4, -0.2) is 27.4 Å². The number of fused-ring (bicyclic) bond motifs is 1. The summed E-state index contributed by atoms with van der Waals surface area (Å²) < 4.78 is 0. The number of hydrogen-bond donors (Lipinski definition) is 0. The molecule has 1 aliphatic heterocycles. The third-order valence-corrected chi connectivity index (χ3v) is 4.50. The van der Waals surface area contributed by atoms with E-state index in [4.69, 9.17) is 0 Å². The number of benzene rings is 1. The zero-order chi connectivity index (χ0) is 14.9. The molecule has 3 aromatic rings. The SMILES string of the molecule is O=C(c1csc(-c2cnccn2)n1)N1CCc2ccccc21. The van der Waals surface area contributed by atoms with Gasteiger partial charge in [-0.1, -0.05) is 18.2 Å². The number of nitrogens with zero attached hydrogens (tertiary/aromatic N) is 4. The van der Waals surface area contributed by atoms with Crippen molar-refractivity contribution in [2.24, 2.45) is 0 Å². The Kier molecular flexibility index (Phi) is 3.16. The van der Waals surface area contributed by atoms with Gasteiger partial charge in [0.25, 0.3) is 5.91 Å². The summed E-state index contributed by atoms with van der Waals surface area (Å²) in [6.07, 6.45) is 5.78. The van der Waals surface area contributed by atoms with Crippen molar-refractivity contribution < 1.29 is 4.79 Å². The van der Waals surface area contributed by atoms with Crippen molar-refractivity contribution in [2.75, 3.05) is 11.4 Å². The van der Waals surface area contributed by atoms with Crippen molar-refractivity contribution in [1.82, 2.24) is 15.0 Å². The van der Waals surface area contributed by atoms with Gasteiger partial charge in [0.2, 0.25) is 0 Å². The van der Waals surface area contributed by atoms with Crippen molar-refractivity contribution in [3.63, 3.8) is 0 Å². The molecule has 1 amide bonds. The first kappa shape index (κ1) is 13.1. The van der Waals surface area contributed by atoms with E-state index in [0.29, 0.717) is 22.9 Å². The van der Waals surface area contributed by atoms with Crippen molar-refractivity contribution in [3.05, 3.63) is 59.5 Å². The highest BCUT2D eigenvalue weighted by Gasteiger charge is 2.26. The van der Waals surface area contributed by atoms with E-state index in [9.17, 15) is 4.79 Å². The average molecular weight is 308 g/mol. The second kappa shape index (κ2) is 5.31. The standard InChI is InChI=1S/C16H12N4OS/c21-16(20-8-5-11-3-1-2-4-14(11)20)13-10-22-15(19-13)12-9-17-6-7-18-12/h1-4,6-7,9-10H,5,8H2. The maximum Gasteiger partial charge on any atom is 0.277 e. The van der Waals surface area contributed by atoms with E-state index in [0.717, 1.165) is 12.1 Å². The Labute approximate surface area is 131 Å². The Hall–Kier alpha value is -2.60. The monoisotopic (exact) mass is 308 g/mol. The molecule has 22 heavy (non-hydrogen) atoms. The highest BCUT2D eigenvalue weighted by molar-refractivity contribution is 7.13. The summed E-state index contributed by atoms with van der Waals surface area (Å²) in [5.41, 5.74) is 3.34. The van der Waals surface area contributed by atoms with Crippen molar-refractivity contribution >= 4 is 22.9 Å². The van der Waals surface area contributed by atoms with Crippen molar-refractivity contribution in [1.29, 1.82) is 0 Å². The van der Waals surface area contributed by atoms with Crippen LogP contribution >= 0.6 is 11.3 Å². The van der Waals surface area contributed by atoms with Crippen LogP contribution in [-0.2, 0) is 6.42 Å². The van der Waals surface area contributed by atoms with Crippen LogP contribution in [0.3, 0.4) is 0 Å². The second-order valence-corrected chi connectivity index (χ2v) is 5.82. The van der Waals surface area contributed by atoms with Crippen molar-refractivity contribution in [3.8, 4) is 10.7 Å². The van der Waals surface area contributed by atoms with Gasteiger partial charge in [0.15, 0.2) is 0 Å². The lowest BCUT2D eigenvalue weighted by Gasteiger charge is -2.15. The molecule has 0 unspecified atom stereocenters. The third kappa shape index (κ3) is 2.17. The van der Waals surface area contributed by atoms with E-state index in [-0.39, 0.29) is 5.91 Å². The van der Waals surface area contributed by atoms with Crippen molar-refractivity contribution in [2.45, 2.75) is 6.42 Å². The van der Waals surface area contributed by atoms with Crippen LogP contribution in [0.4, 0.5) is 5.69 Å². The van der Waals surface area contributed by atoms with Gasteiger partial charge in [-0.25, -0.2) is 4.98 Å². The molecular formula is C16H12N4OS. The van der Waals surface area contributed by atoms with Gasteiger partial charge in [-0.2, -0.15) is 0 Å². The molecule has 4 rings (SSSR count). The van der Waals surface area contributed by atoms with E-state index in [1.54, 1.807) is 28.9 Å². The van der Waals surface area contributed by atoms with Crippen LogP contribution in [0, 0.1) is 0 Å². The molecule has 0 saturated heterocycles. The first-order valence-electron chi connectivity index (χ1n) is 6.94. The Balaban J connectivity index is 1.64. The minimum Gasteiger partial charge on any atom is -0.306 e. The van der Waals surface area contributed by atoms with E-state index >= 15 is 0 Å². The molecule has 1 aromatic carbocycles. The average Bonchev–Trinajstić information content (AvgIpc) is 3.22. The quantitative estimate of drug-likeness (QED) is 0.730. The topological polar surface area (TPSA) is 59.0 Å². The highest BCUT2D eigenvalue weighted by atomic mass is 32.1. The minimum atomic E-state index is -0.0589. The van der Waals surface area contributed by atoms with Gasteiger partial charge >= 0.3 is 0 Å². The molecule has 0 N–H and O–H groups in total. The number of anilines is 1. The molecule has 2 aromatic heterocycles. The van der Waals surface area contributed by atoms with Crippen LogP contribution in [0.25, 0.3) is 10.7 Å². The first-order valence-corrected chi connectivity index (χ1v) is 7.82. The summed E-state index contributed by atoms with van der Waals surface area (Å²) in [6, 6.07) is 8.00. The zero-order valence-electron chi connectivity index (χ0n) is 11.6. The number of para-hydroxylation sites is 1. The summed E-state index contributed by atoms with van der Waals surface area (Å²) in [6.45, 7) is 0.705. The fourth-order valence-corrected chi connectivity index (χ4v) is 3.34. The minimum absolute atomic E-state index is 0.0589. The Morgan fingerprint density at radius 2 is 2.14 bits per heavy atom. The van der Waals surface area contributed by atoms with E-state index in [1.807, 2.05) is 18.2 Å². The molecular weight excluding hydrogens is 296 g/mol. The number of hydrogen-bond acceptors (Lipinski definition) is 5. The fraction of sp³-hybridized carbons (Fsp3) is 0.125. The largest absolute Gasteiger partial charge is 0.306 e. The lowest BCUT2D eigenvalue weighted by atomic mass is 10.2. The summed E-state index contributed by atoms with van der Waals surface area (Å²) in [5, 5.41) is 2.50. The molecule has 3 heterocycles. The van der Waals surface area contributed by atoms with Gasteiger partial charge in [0.1, 0.15) is 16.4 Å². The maximum atomic E-state index is 12.7. The fourth-order valence-electron chi connectivity index (χ4n) is 2.59. The molecule has 0 atom stereocenters. The number of aromatic nitrogens is 3. The van der Waals surface area contributed by atoms with Gasteiger partial charge < -0.3 is 4.90 Å². The number of carbonyl (C=O) groups is 1. The Bertz CT molecular complexity index is 831. The molecule has 5 nitrogen and oxygen atoms in total. The number of rotatable bonds is 2. The van der Waals surface area contributed by atoms with E-state index < -0.39 is 0 Å². The summed E-state index contributed by atoms with van der Waals surface area (Å²) in [7, 11) is 0. The molecule has 0 bridgehead atoms.